The molecule has 1 fully saturated rings. The predicted molar refractivity (Wildman–Crippen MR) is 142 cm³/mol. The van der Waals surface area contributed by atoms with Crippen molar-refractivity contribution in [3.8, 4) is 0 Å². The standard InChI is InChI=1S/C31H33F2N3O/c1-23-34-31(26-9-13-28(32)14-10-26,27-11-15-29(33)16-12-27)30(37)36(23)22-25-17-20-35(21-18-25)19-5-8-24-6-3-2-4-7-24/h2-4,6-7,9-16,25H,5,8,17-22H2,1H3. The molecule has 2 aliphatic rings. The molecule has 0 aromatic heterocycles. The second-order valence-corrected chi connectivity index (χ2v) is 10.2. The maximum Gasteiger partial charge on any atom is 0.265 e. The summed E-state index contributed by atoms with van der Waals surface area (Å²) in [6, 6.07) is 22.4. The van der Waals surface area contributed by atoms with Gasteiger partial charge in [0.2, 0.25) is 0 Å². The zero-order valence-corrected chi connectivity index (χ0v) is 21.2. The van der Waals surface area contributed by atoms with E-state index in [1.54, 1.807) is 29.2 Å². The van der Waals surface area contributed by atoms with E-state index in [9.17, 15) is 13.6 Å². The Labute approximate surface area is 217 Å². The maximum absolute atomic E-state index is 14.0. The van der Waals surface area contributed by atoms with Gasteiger partial charge in [-0.05, 0) is 99.1 Å². The van der Waals surface area contributed by atoms with Crippen LogP contribution in [0, 0.1) is 17.6 Å². The average Bonchev–Trinajstić information content (AvgIpc) is 3.17. The summed E-state index contributed by atoms with van der Waals surface area (Å²) in [5.41, 5.74) is 1.22. The number of likely N-dealkylation sites (tertiary alicyclic amines) is 1. The average molecular weight is 502 g/mol. The van der Waals surface area contributed by atoms with Crippen LogP contribution < -0.4 is 0 Å². The predicted octanol–water partition coefficient (Wildman–Crippen LogP) is 5.81. The van der Waals surface area contributed by atoms with E-state index >= 15 is 0 Å². The van der Waals surface area contributed by atoms with Gasteiger partial charge in [-0.15, -0.1) is 0 Å². The van der Waals surface area contributed by atoms with Gasteiger partial charge in [-0.3, -0.25) is 9.69 Å². The summed E-state index contributed by atoms with van der Waals surface area (Å²) >= 11 is 0. The van der Waals surface area contributed by atoms with Crippen LogP contribution in [0.15, 0.2) is 83.9 Å². The molecule has 192 valence electrons. The van der Waals surface area contributed by atoms with Crippen LogP contribution in [0.4, 0.5) is 8.78 Å². The summed E-state index contributed by atoms with van der Waals surface area (Å²) in [7, 11) is 0. The molecular formula is C31H33F2N3O. The molecule has 0 unspecified atom stereocenters. The number of nitrogens with zero attached hydrogens (tertiary/aromatic N) is 3. The number of benzene rings is 3. The molecule has 0 saturated carbocycles. The fraction of sp³-hybridized carbons (Fsp3) is 0.355. The molecule has 1 amide bonds. The Hall–Kier alpha value is -3.38. The zero-order valence-electron chi connectivity index (χ0n) is 21.2. The molecule has 0 bridgehead atoms. The number of carbonyl (C=O) groups excluding carboxylic acids is 1. The van der Waals surface area contributed by atoms with Gasteiger partial charge >= 0.3 is 0 Å². The van der Waals surface area contributed by atoms with Crippen molar-refractivity contribution in [2.75, 3.05) is 26.2 Å². The largest absolute Gasteiger partial charge is 0.303 e. The summed E-state index contributed by atoms with van der Waals surface area (Å²) in [5, 5.41) is 0. The molecule has 0 N–H and O–H groups in total. The third-order valence-corrected chi connectivity index (χ3v) is 7.73. The number of aryl methyl sites for hydroxylation is 1. The van der Waals surface area contributed by atoms with Crippen molar-refractivity contribution in [2.24, 2.45) is 10.9 Å². The highest BCUT2D eigenvalue weighted by Gasteiger charge is 2.50. The van der Waals surface area contributed by atoms with Gasteiger partial charge in [-0.1, -0.05) is 54.6 Å². The maximum atomic E-state index is 14.0. The number of aliphatic imine (C=N–C) groups is 1. The number of rotatable bonds is 8. The zero-order chi connectivity index (χ0) is 25.8. The van der Waals surface area contributed by atoms with Crippen molar-refractivity contribution in [1.82, 2.24) is 9.80 Å². The third-order valence-electron chi connectivity index (χ3n) is 7.73. The van der Waals surface area contributed by atoms with Gasteiger partial charge in [0.05, 0.1) is 0 Å². The molecule has 6 heteroatoms. The molecule has 37 heavy (non-hydrogen) atoms. The molecule has 1 saturated heterocycles. The van der Waals surface area contributed by atoms with Crippen LogP contribution in [0.25, 0.3) is 0 Å². The molecular weight excluding hydrogens is 468 g/mol. The summed E-state index contributed by atoms with van der Waals surface area (Å²) < 4.78 is 27.4. The highest BCUT2D eigenvalue weighted by Crippen LogP contribution is 2.41. The van der Waals surface area contributed by atoms with E-state index in [1.807, 2.05) is 6.92 Å². The minimum Gasteiger partial charge on any atom is -0.303 e. The van der Waals surface area contributed by atoms with E-state index in [-0.39, 0.29) is 17.5 Å². The molecule has 4 nitrogen and oxygen atoms in total. The lowest BCUT2D eigenvalue weighted by molar-refractivity contribution is -0.130. The monoisotopic (exact) mass is 501 g/mol. The van der Waals surface area contributed by atoms with E-state index in [0.717, 1.165) is 45.3 Å². The lowest BCUT2D eigenvalue weighted by Gasteiger charge is -2.34. The first-order chi connectivity index (χ1) is 18.0. The number of carbonyl (C=O) groups is 1. The van der Waals surface area contributed by atoms with Crippen LogP contribution in [0.3, 0.4) is 0 Å². The fourth-order valence-corrected chi connectivity index (χ4v) is 5.64. The lowest BCUT2D eigenvalue weighted by atomic mass is 9.82. The van der Waals surface area contributed by atoms with Crippen LogP contribution in [0.5, 0.6) is 0 Å². The first kappa shape index (κ1) is 25.3. The molecule has 0 radical (unpaired) electrons. The number of piperidine rings is 1. The Morgan fingerprint density at radius 3 is 2.00 bits per heavy atom. The van der Waals surface area contributed by atoms with Crippen LogP contribution in [0.1, 0.15) is 42.9 Å². The van der Waals surface area contributed by atoms with Gasteiger partial charge in [-0.25, -0.2) is 13.8 Å². The number of amides is 1. The fourth-order valence-electron chi connectivity index (χ4n) is 5.64. The number of hydrogen-bond donors (Lipinski definition) is 0. The SMILES string of the molecule is CC1=NC(c2ccc(F)cc2)(c2ccc(F)cc2)C(=O)N1CC1CCN(CCCc2ccccc2)CC1. The number of hydrogen-bond acceptors (Lipinski definition) is 3. The van der Waals surface area contributed by atoms with Crippen LogP contribution in [-0.2, 0) is 16.8 Å². The highest BCUT2D eigenvalue weighted by atomic mass is 19.1. The minimum absolute atomic E-state index is 0.159. The summed E-state index contributed by atoms with van der Waals surface area (Å²) in [6.07, 6.45) is 4.29. The van der Waals surface area contributed by atoms with Gasteiger partial charge in [0.1, 0.15) is 17.5 Å². The minimum atomic E-state index is -1.33. The smallest absolute Gasteiger partial charge is 0.265 e. The number of halogens is 2. The first-order valence-electron chi connectivity index (χ1n) is 13.1. The Morgan fingerprint density at radius 2 is 1.43 bits per heavy atom. The van der Waals surface area contributed by atoms with Crippen LogP contribution in [-0.4, -0.2) is 47.7 Å². The van der Waals surface area contributed by atoms with E-state index in [1.165, 1.54) is 29.8 Å². The Morgan fingerprint density at radius 1 is 0.865 bits per heavy atom. The molecule has 0 atom stereocenters. The van der Waals surface area contributed by atoms with Gasteiger partial charge in [0, 0.05) is 6.54 Å². The third kappa shape index (κ3) is 5.35. The van der Waals surface area contributed by atoms with Gasteiger partial charge in [0.25, 0.3) is 5.91 Å². The van der Waals surface area contributed by atoms with Crippen molar-refractivity contribution in [3.05, 3.63) is 107 Å². The topological polar surface area (TPSA) is 35.9 Å². The number of amidine groups is 1. The Bertz CT molecular complexity index is 1190. The second kappa shape index (κ2) is 10.9. The van der Waals surface area contributed by atoms with Crippen molar-refractivity contribution < 1.29 is 13.6 Å². The summed E-state index contributed by atoms with van der Waals surface area (Å²) in [4.78, 5) is 23.2. The molecule has 3 aromatic rings. The second-order valence-electron chi connectivity index (χ2n) is 10.2. The van der Waals surface area contributed by atoms with Gasteiger partial charge in [0.15, 0.2) is 5.54 Å². The summed E-state index contributed by atoms with van der Waals surface area (Å²) in [6.45, 7) is 5.60. The first-order valence-corrected chi connectivity index (χ1v) is 13.1. The van der Waals surface area contributed by atoms with E-state index in [2.05, 4.69) is 35.2 Å². The van der Waals surface area contributed by atoms with Gasteiger partial charge in [-0.2, -0.15) is 0 Å². The van der Waals surface area contributed by atoms with E-state index in [4.69, 9.17) is 4.99 Å². The van der Waals surface area contributed by atoms with Crippen molar-refractivity contribution in [2.45, 2.75) is 38.1 Å². The highest BCUT2D eigenvalue weighted by molar-refractivity contribution is 6.09. The molecule has 0 aliphatic carbocycles. The molecule has 5 rings (SSSR count). The lowest BCUT2D eigenvalue weighted by Crippen LogP contribution is -2.45. The molecule has 2 heterocycles. The van der Waals surface area contributed by atoms with Crippen molar-refractivity contribution >= 4 is 11.7 Å². The van der Waals surface area contributed by atoms with Crippen LogP contribution in [0.2, 0.25) is 0 Å². The van der Waals surface area contributed by atoms with Crippen molar-refractivity contribution in [1.29, 1.82) is 0 Å². The quantitative estimate of drug-likeness (QED) is 0.390. The van der Waals surface area contributed by atoms with E-state index in [0.29, 0.717) is 29.4 Å². The normalized spacial score (nSPS) is 18.3. The van der Waals surface area contributed by atoms with Crippen molar-refractivity contribution in [3.63, 3.8) is 0 Å². The Kier molecular flexibility index (Phi) is 7.47. The molecule has 2 aliphatic heterocycles. The van der Waals surface area contributed by atoms with Crippen LogP contribution >= 0.6 is 0 Å². The molecule has 3 aromatic carbocycles. The molecule has 0 spiro atoms. The van der Waals surface area contributed by atoms with E-state index < -0.39 is 5.54 Å². The summed E-state index contributed by atoms with van der Waals surface area (Å²) in [5.74, 6) is 0.113. The Balaban J connectivity index is 1.25. The van der Waals surface area contributed by atoms with Gasteiger partial charge < -0.3 is 4.90 Å².